The van der Waals surface area contributed by atoms with E-state index in [1.807, 2.05) is 45.0 Å². The standard InChI is InChI=1S/C17H13N3O2.C2H6/c1-11-2-4-12(5-3-11)15-18-10-19-16(20-15)13-6-8-14(9-7-13)17(21)22;1-2/h2-10H,1H3,(H,21,22);1-2H3. The van der Waals surface area contributed by atoms with E-state index in [1.54, 1.807) is 12.1 Å². The Morgan fingerprint density at radius 2 is 1.29 bits per heavy atom. The number of carbonyl (C=O) groups is 1. The first-order valence-corrected chi connectivity index (χ1v) is 7.73. The maximum atomic E-state index is 10.9. The van der Waals surface area contributed by atoms with Crippen molar-refractivity contribution in [2.24, 2.45) is 0 Å². The van der Waals surface area contributed by atoms with Crippen LogP contribution in [-0.2, 0) is 0 Å². The van der Waals surface area contributed by atoms with Gasteiger partial charge < -0.3 is 5.11 Å². The zero-order valence-electron chi connectivity index (χ0n) is 13.9. The van der Waals surface area contributed by atoms with Gasteiger partial charge >= 0.3 is 5.97 Å². The highest BCUT2D eigenvalue weighted by Crippen LogP contribution is 2.19. The van der Waals surface area contributed by atoms with Crippen LogP contribution in [0.3, 0.4) is 0 Å². The second-order valence-corrected chi connectivity index (χ2v) is 4.88. The third kappa shape index (κ3) is 4.01. The highest BCUT2D eigenvalue weighted by molar-refractivity contribution is 5.88. The zero-order valence-corrected chi connectivity index (χ0v) is 13.9. The lowest BCUT2D eigenvalue weighted by molar-refractivity contribution is 0.0697. The lowest BCUT2D eigenvalue weighted by atomic mass is 10.1. The van der Waals surface area contributed by atoms with Crippen molar-refractivity contribution >= 4 is 5.97 Å². The largest absolute Gasteiger partial charge is 0.478 e. The topological polar surface area (TPSA) is 76.0 Å². The van der Waals surface area contributed by atoms with Crippen molar-refractivity contribution in [2.45, 2.75) is 20.8 Å². The van der Waals surface area contributed by atoms with Gasteiger partial charge in [-0.1, -0.05) is 55.8 Å². The fourth-order valence-electron chi connectivity index (χ4n) is 2.04. The quantitative estimate of drug-likeness (QED) is 0.781. The number of nitrogens with zero attached hydrogens (tertiary/aromatic N) is 3. The average molecular weight is 321 g/mol. The van der Waals surface area contributed by atoms with Crippen LogP contribution in [0, 0.1) is 6.92 Å². The lowest BCUT2D eigenvalue weighted by Crippen LogP contribution is -1.97. The molecule has 0 fully saturated rings. The van der Waals surface area contributed by atoms with Gasteiger partial charge in [-0.25, -0.2) is 19.7 Å². The number of hydrogen-bond acceptors (Lipinski definition) is 4. The van der Waals surface area contributed by atoms with E-state index in [2.05, 4.69) is 15.0 Å². The van der Waals surface area contributed by atoms with E-state index in [1.165, 1.54) is 24.0 Å². The Morgan fingerprint density at radius 3 is 1.75 bits per heavy atom. The summed E-state index contributed by atoms with van der Waals surface area (Å²) in [5, 5.41) is 8.92. The van der Waals surface area contributed by atoms with Crippen molar-refractivity contribution in [3.8, 4) is 22.8 Å². The summed E-state index contributed by atoms with van der Waals surface area (Å²) in [7, 11) is 0. The van der Waals surface area contributed by atoms with Crippen LogP contribution in [0.4, 0.5) is 0 Å². The molecule has 0 radical (unpaired) electrons. The Morgan fingerprint density at radius 1 is 0.833 bits per heavy atom. The van der Waals surface area contributed by atoms with Crippen LogP contribution < -0.4 is 0 Å². The van der Waals surface area contributed by atoms with Gasteiger partial charge in [0.1, 0.15) is 6.33 Å². The Kier molecular flexibility index (Phi) is 5.73. The third-order valence-electron chi connectivity index (χ3n) is 3.27. The van der Waals surface area contributed by atoms with Gasteiger partial charge in [-0.2, -0.15) is 0 Å². The van der Waals surface area contributed by atoms with Crippen LogP contribution in [0.25, 0.3) is 22.8 Å². The Hall–Kier alpha value is -3.08. The van der Waals surface area contributed by atoms with Crippen molar-refractivity contribution in [3.05, 3.63) is 66.0 Å². The molecule has 0 atom stereocenters. The molecule has 1 N–H and O–H groups in total. The van der Waals surface area contributed by atoms with Gasteiger partial charge in [0.2, 0.25) is 0 Å². The molecule has 1 aromatic heterocycles. The van der Waals surface area contributed by atoms with Crippen LogP contribution in [0.2, 0.25) is 0 Å². The Balaban J connectivity index is 0.00000100. The molecule has 0 aliphatic heterocycles. The fourth-order valence-corrected chi connectivity index (χ4v) is 2.04. The Bertz CT molecular complexity index is 813. The van der Waals surface area contributed by atoms with E-state index < -0.39 is 5.97 Å². The molecule has 3 rings (SSSR count). The monoisotopic (exact) mass is 321 g/mol. The van der Waals surface area contributed by atoms with E-state index in [4.69, 9.17) is 5.11 Å². The smallest absolute Gasteiger partial charge is 0.335 e. The third-order valence-corrected chi connectivity index (χ3v) is 3.27. The van der Waals surface area contributed by atoms with Crippen LogP contribution in [-0.4, -0.2) is 26.0 Å². The molecular formula is C19H19N3O2. The molecule has 24 heavy (non-hydrogen) atoms. The van der Waals surface area contributed by atoms with E-state index >= 15 is 0 Å². The summed E-state index contributed by atoms with van der Waals surface area (Å²) in [6.45, 7) is 6.02. The van der Waals surface area contributed by atoms with Gasteiger partial charge in [0.05, 0.1) is 5.56 Å². The second-order valence-electron chi connectivity index (χ2n) is 4.88. The number of rotatable bonds is 3. The summed E-state index contributed by atoms with van der Waals surface area (Å²) < 4.78 is 0. The molecule has 0 unspecified atom stereocenters. The second kappa shape index (κ2) is 7.97. The van der Waals surface area contributed by atoms with Crippen molar-refractivity contribution in [1.82, 2.24) is 15.0 Å². The molecule has 0 aliphatic rings. The van der Waals surface area contributed by atoms with Gasteiger partial charge in [0.15, 0.2) is 11.6 Å². The first-order valence-electron chi connectivity index (χ1n) is 7.73. The van der Waals surface area contributed by atoms with Crippen LogP contribution in [0.15, 0.2) is 54.9 Å². The van der Waals surface area contributed by atoms with Crippen LogP contribution >= 0.6 is 0 Å². The SMILES string of the molecule is CC.Cc1ccc(-c2ncnc(-c3ccc(C(=O)O)cc3)n2)cc1. The number of carboxylic acid groups (broad SMARTS) is 1. The molecule has 0 spiro atoms. The predicted octanol–water partition coefficient (Wildman–Crippen LogP) is 4.24. The van der Waals surface area contributed by atoms with Gasteiger partial charge in [0, 0.05) is 11.1 Å². The molecule has 0 saturated heterocycles. The van der Waals surface area contributed by atoms with Gasteiger partial charge in [0.25, 0.3) is 0 Å². The molecule has 5 heteroatoms. The fraction of sp³-hybridized carbons (Fsp3) is 0.158. The van der Waals surface area contributed by atoms with Crippen molar-refractivity contribution in [2.75, 3.05) is 0 Å². The van der Waals surface area contributed by atoms with E-state index in [0.717, 1.165) is 11.1 Å². The first-order chi connectivity index (χ1) is 11.6. The van der Waals surface area contributed by atoms with Crippen molar-refractivity contribution < 1.29 is 9.90 Å². The number of aryl methyl sites for hydroxylation is 1. The molecule has 3 aromatic rings. The lowest BCUT2D eigenvalue weighted by Gasteiger charge is -2.04. The Labute approximate surface area is 141 Å². The maximum absolute atomic E-state index is 10.9. The molecular weight excluding hydrogens is 302 g/mol. The molecule has 1 heterocycles. The summed E-state index contributed by atoms with van der Waals surface area (Å²) in [4.78, 5) is 23.7. The zero-order chi connectivity index (χ0) is 17.5. The number of carboxylic acids is 1. The number of aromatic nitrogens is 3. The summed E-state index contributed by atoms with van der Waals surface area (Å²) >= 11 is 0. The molecule has 0 saturated carbocycles. The maximum Gasteiger partial charge on any atom is 0.335 e. The summed E-state index contributed by atoms with van der Waals surface area (Å²) in [5.41, 5.74) is 3.07. The molecule has 0 amide bonds. The normalized spacial score (nSPS) is 9.79. The predicted molar refractivity (Wildman–Crippen MR) is 93.7 cm³/mol. The summed E-state index contributed by atoms with van der Waals surface area (Å²) in [6, 6.07) is 14.4. The molecule has 0 bridgehead atoms. The van der Waals surface area contributed by atoms with Crippen molar-refractivity contribution in [1.29, 1.82) is 0 Å². The minimum atomic E-state index is -0.956. The minimum absolute atomic E-state index is 0.233. The van der Waals surface area contributed by atoms with Crippen LogP contribution in [0.5, 0.6) is 0 Å². The average Bonchev–Trinajstić information content (AvgIpc) is 2.64. The summed E-state index contributed by atoms with van der Waals surface area (Å²) in [6.07, 6.45) is 1.46. The summed E-state index contributed by atoms with van der Waals surface area (Å²) in [5.74, 6) is 0.150. The first kappa shape index (κ1) is 17.3. The van der Waals surface area contributed by atoms with E-state index in [9.17, 15) is 4.79 Å². The van der Waals surface area contributed by atoms with Crippen LogP contribution in [0.1, 0.15) is 29.8 Å². The minimum Gasteiger partial charge on any atom is -0.478 e. The van der Waals surface area contributed by atoms with E-state index in [0.29, 0.717) is 11.6 Å². The highest BCUT2D eigenvalue weighted by atomic mass is 16.4. The van der Waals surface area contributed by atoms with E-state index in [-0.39, 0.29) is 5.56 Å². The molecule has 2 aromatic carbocycles. The molecule has 5 nitrogen and oxygen atoms in total. The van der Waals surface area contributed by atoms with Gasteiger partial charge in [-0.15, -0.1) is 0 Å². The van der Waals surface area contributed by atoms with Crippen molar-refractivity contribution in [3.63, 3.8) is 0 Å². The number of benzene rings is 2. The highest BCUT2D eigenvalue weighted by Gasteiger charge is 2.07. The van der Waals surface area contributed by atoms with Gasteiger partial charge in [-0.05, 0) is 19.1 Å². The number of aromatic carboxylic acids is 1. The van der Waals surface area contributed by atoms with Gasteiger partial charge in [-0.3, -0.25) is 0 Å². The number of hydrogen-bond donors (Lipinski definition) is 1. The molecule has 122 valence electrons. The molecule has 0 aliphatic carbocycles.